The Morgan fingerprint density at radius 2 is 2.32 bits per heavy atom. The van der Waals surface area contributed by atoms with Gasteiger partial charge in [-0.15, -0.1) is 5.10 Å². The molecular formula is C13H14N4O2. The van der Waals surface area contributed by atoms with Crippen LogP contribution >= 0.6 is 0 Å². The number of tetrazole rings is 1. The standard InChI is InChI=1S/C13H14N4O2/c18-9-10-4-3-5-11(8-10)13-14-15-16-17(13)12-6-1-2-7-19-12/h3-5,8-9,12H,1-2,6-7H2. The van der Waals surface area contributed by atoms with Gasteiger partial charge >= 0.3 is 0 Å². The molecule has 1 aromatic heterocycles. The fourth-order valence-electron chi connectivity index (χ4n) is 2.25. The van der Waals surface area contributed by atoms with Crippen LogP contribution in [0.25, 0.3) is 11.4 Å². The third kappa shape index (κ3) is 2.39. The van der Waals surface area contributed by atoms with E-state index in [4.69, 9.17) is 4.74 Å². The molecule has 3 rings (SSSR count). The molecule has 1 unspecified atom stereocenters. The maximum atomic E-state index is 10.8. The minimum absolute atomic E-state index is 0.112. The van der Waals surface area contributed by atoms with Crippen molar-refractivity contribution in [2.24, 2.45) is 0 Å². The summed E-state index contributed by atoms with van der Waals surface area (Å²) in [4.78, 5) is 10.8. The Morgan fingerprint density at radius 3 is 3.11 bits per heavy atom. The maximum absolute atomic E-state index is 10.8. The Balaban J connectivity index is 1.96. The van der Waals surface area contributed by atoms with E-state index in [0.717, 1.165) is 37.7 Å². The summed E-state index contributed by atoms with van der Waals surface area (Å²) < 4.78 is 7.39. The van der Waals surface area contributed by atoms with Gasteiger partial charge in [-0.1, -0.05) is 18.2 Å². The van der Waals surface area contributed by atoms with Gasteiger partial charge in [0.25, 0.3) is 0 Å². The van der Waals surface area contributed by atoms with Crippen LogP contribution < -0.4 is 0 Å². The van der Waals surface area contributed by atoms with Crippen LogP contribution in [-0.2, 0) is 4.74 Å². The SMILES string of the molecule is O=Cc1cccc(-c2nnnn2C2CCCCO2)c1. The first kappa shape index (κ1) is 12.0. The van der Waals surface area contributed by atoms with E-state index in [1.165, 1.54) is 0 Å². The Hall–Kier alpha value is -2.08. The van der Waals surface area contributed by atoms with Crippen LogP contribution in [-0.4, -0.2) is 33.1 Å². The third-order valence-corrected chi connectivity index (χ3v) is 3.20. The number of ether oxygens (including phenoxy) is 1. The van der Waals surface area contributed by atoms with Crippen molar-refractivity contribution in [3.8, 4) is 11.4 Å². The number of carbonyl (C=O) groups excluding carboxylic acids is 1. The van der Waals surface area contributed by atoms with Crippen LogP contribution in [0.5, 0.6) is 0 Å². The lowest BCUT2D eigenvalue weighted by Crippen LogP contribution is -2.20. The van der Waals surface area contributed by atoms with Crippen LogP contribution in [0, 0.1) is 0 Å². The summed E-state index contributed by atoms with van der Waals surface area (Å²) >= 11 is 0. The van der Waals surface area contributed by atoms with Gasteiger partial charge < -0.3 is 4.74 Å². The molecule has 1 saturated heterocycles. The molecule has 0 amide bonds. The van der Waals surface area contributed by atoms with E-state index in [-0.39, 0.29) is 6.23 Å². The van der Waals surface area contributed by atoms with Crippen LogP contribution in [0.15, 0.2) is 24.3 Å². The average molecular weight is 258 g/mol. The largest absolute Gasteiger partial charge is 0.356 e. The van der Waals surface area contributed by atoms with Gasteiger partial charge in [0.1, 0.15) is 6.29 Å². The number of aromatic nitrogens is 4. The molecule has 0 saturated carbocycles. The van der Waals surface area contributed by atoms with Gasteiger partial charge in [0.05, 0.1) is 0 Å². The fourth-order valence-corrected chi connectivity index (χ4v) is 2.25. The smallest absolute Gasteiger partial charge is 0.184 e. The van der Waals surface area contributed by atoms with E-state index in [2.05, 4.69) is 15.5 Å². The maximum Gasteiger partial charge on any atom is 0.184 e. The summed E-state index contributed by atoms with van der Waals surface area (Å²) in [6.45, 7) is 0.734. The van der Waals surface area contributed by atoms with Crippen LogP contribution in [0.4, 0.5) is 0 Å². The quantitative estimate of drug-likeness (QED) is 0.786. The number of hydrogen-bond donors (Lipinski definition) is 0. The number of nitrogens with zero attached hydrogens (tertiary/aromatic N) is 4. The predicted octanol–water partition coefficient (Wildman–Crippen LogP) is 1.85. The number of hydrogen-bond acceptors (Lipinski definition) is 5. The molecule has 2 aromatic rings. The molecule has 19 heavy (non-hydrogen) atoms. The normalized spacial score (nSPS) is 19.3. The monoisotopic (exact) mass is 258 g/mol. The van der Waals surface area contributed by atoms with Crippen LogP contribution in [0.2, 0.25) is 0 Å². The number of rotatable bonds is 3. The first-order chi connectivity index (χ1) is 9.38. The second-order valence-corrected chi connectivity index (χ2v) is 4.51. The first-order valence-electron chi connectivity index (χ1n) is 6.33. The Labute approximate surface area is 110 Å². The van der Waals surface area contributed by atoms with Gasteiger partial charge in [-0.2, -0.15) is 4.68 Å². The van der Waals surface area contributed by atoms with Gasteiger partial charge in [-0.3, -0.25) is 4.79 Å². The summed E-state index contributed by atoms with van der Waals surface area (Å²) in [5.41, 5.74) is 1.43. The number of aldehydes is 1. The van der Waals surface area contributed by atoms with Crippen LogP contribution in [0.1, 0.15) is 35.8 Å². The van der Waals surface area contributed by atoms with E-state index < -0.39 is 0 Å². The molecule has 0 aliphatic carbocycles. The molecule has 1 aliphatic rings. The van der Waals surface area contributed by atoms with Gasteiger partial charge in [0, 0.05) is 17.7 Å². The molecule has 98 valence electrons. The molecule has 1 fully saturated rings. The molecular weight excluding hydrogens is 244 g/mol. The highest BCUT2D eigenvalue weighted by atomic mass is 16.5. The highest BCUT2D eigenvalue weighted by molar-refractivity contribution is 5.77. The van der Waals surface area contributed by atoms with Crippen molar-refractivity contribution < 1.29 is 9.53 Å². The second kappa shape index (κ2) is 5.27. The van der Waals surface area contributed by atoms with E-state index in [1.807, 2.05) is 12.1 Å². The summed E-state index contributed by atoms with van der Waals surface area (Å²) in [6, 6.07) is 7.23. The molecule has 0 N–H and O–H groups in total. The van der Waals surface area contributed by atoms with Crippen molar-refractivity contribution >= 4 is 6.29 Å². The summed E-state index contributed by atoms with van der Waals surface area (Å²) in [5, 5.41) is 11.8. The summed E-state index contributed by atoms with van der Waals surface area (Å²) in [5.74, 6) is 0.635. The Bertz CT molecular complexity index is 576. The number of benzene rings is 1. The molecule has 1 atom stereocenters. The van der Waals surface area contributed by atoms with Gasteiger partial charge in [0.15, 0.2) is 12.1 Å². The van der Waals surface area contributed by atoms with Crippen molar-refractivity contribution in [1.29, 1.82) is 0 Å². The van der Waals surface area contributed by atoms with Crippen molar-refractivity contribution in [3.63, 3.8) is 0 Å². The molecule has 6 nitrogen and oxygen atoms in total. The van der Waals surface area contributed by atoms with Gasteiger partial charge in [-0.25, -0.2) is 0 Å². The molecule has 1 aromatic carbocycles. The van der Waals surface area contributed by atoms with E-state index >= 15 is 0 Å². The lowest BCUT2D eigenvalue weighted by atomic mass is 10.1. The molecule has 0 spiro atoms. The number of carbonyl (C=O) groups is 1. The lowest BCUT2D eigenvalue weighted by molar-refractivity contribution is -0.0394. The second-order valence-electron chi connectivity index (χ2n) is 4.51. The summed E-state index contributed by atoms with van der Waals surface area (Å²) in [6.07, 6.45) is 3.80. The molecule has 0 radical (unpaired) electrons. The minimum Gasteiger partial charge on any atom is -0.356 e. The molecule has 0 bridgehead atoms. The predicted molar refractivity (Wildman–Crippen MR) is 67.5 cm³/mol. The van der Waals surface area contributed by atoms with Crippen molar-refractivity contribution in [2.75, 3.05) is 6.61 Å². The van der Waals surface area contributed by atoms with E-state index in [0.29, 0.717) is 11.4 Å². The zero-order valence-corrected chi connectivity index (χ0v) is 10.4. The highest BCUT2D eigenvalue weighted by Crippen LogP contribution is 2.26. The van der Waals surface area contributed by atoms with Crippen molar-refractivity contribution in [2.45, 2.75) is 25.5 Å². The fraction of sp³-hybridized carbons (Fsp3) is 0.385. The molecule has 6 heteroatoms. The zero-order valence-electron chi connectivity index (χ0n) is 10.4. The van der Waals surface area contributed by atoms with Crippen LogP contribution in [0.3, 0.4) is 0 Å². The van der Waals surface area contributed by atoms with Crippen molar-refractivity contribution in [1.82, 2.24) is 20.2 Å². The Kier molecular flexibility index (Phi) is 3.33. The van der Waals surface area contributed by atoms with Gasteiger partial charge in [0.2, 0.25) is 0 Å². The molecule has 1 aliphatic heterocycles. The van der Waals surface area contributed by atoms with E-state index in [1.54, 1.807) is 16.8 Å². The third-order valence-electron chi connectivity index (χ3n) is 3.20. The van der Waals surface area contributed by atoms with E-state index in [9.17, 15) is 4.79 Å². The topological polar surface area (TPSA) is 69.9 Å². The van der Waals surface area contributed by atoms with Crippen molar-refractivity contribution in [3.05, 3.63) is 29.8 Å². The zero-order chi connectivity index (χ0) is 13.1. The summed E-state index contributed by atoms with van der Waals surface area (Å²) in [7, 11) is 0. The average Bonchev–Trinajstić information content (AvgIpc) is 2.98. The lowest BCUT2D eigenvalue weighted by Gasteiger charge is -2.23. The first-order valence-corrected chi connectivity index (χ1v) is 6.33. The molecule has 2 heterocycles. The minimum atomic E-state index is -0.112. The van der Waals surface area contributed by atoms with Gasteiger partial charge in [-0.05, 0) is 35.8 Å². The highest BCUT2D eigenvalue weighted by Gasteiger charge is 2.21. The Morgan fingerprint density at radius 1 is 1.37 bits per heavy atom.